The van der Waals surface area contributed by atoms with E-state index in [4.69, 9.17) is 9.15 Å². The zero-order valence-electron chi connectivity index (χ0n) is 15.7. The van der Waals surface area contributed by atoms with Crippen LogP contribution < -0.4 is 4.74 Å². The van der Waals surface area contributed by atoms with Crippen molar-refractivity contribution >= 4 is 12.2 Å². The number of hydrogen-bond donors (Lipinski definition) is 0. The number of methoxy groups -OCH3 is 1. The van der Waals surface area contributed by atoms with Gasteiger partial charge in [0.1, 0.15) is 5.75 Å². The summed E-state index contributed by atoms with van der Waals surface area (Å²) < 4.78 is 11.7. The molecule has 3 aromatic carbocycles. The molecule has 0 bridgehead atoms. The van der Waals surface area contributed by atoms with Crippen LogP contribution in [0.2, 0.25) is 0 Å². The molecule has 4 rings (SSSR count). The van der Waals surface area contributed by atoms with Gasteiger partial charge in [-0.15, -0.1) is 0 Å². The van der Waals surface area contributed by atoms with Crippen LogP contribution in [0.15, 0.2) is 101 Å². The molecule has 0 unspecified atom stereocenters. The van der Waals surface area contributed by atoms with Crippen molar-refractivity contribution in [1.82, 2.24) is 0 Å². The van der Waals surface area contributed by atoms with E-state index in [0.29, 0.717) is 0 Å². The van der Waals surface area contributed by atoms with Crippen LogP contribution in [0.4, 0.5) is 0 Å². The van der Waals surface area contributed by atoms with Gasteiger partial charge in [-0.05, 0) is 35.9 Å². The molecule has 0 saturated carbocycles. The molecule has 0 N–H and O–H groups in total. The second-order valence-electron chi connectivity index (χ2n) is 6.43. The summed E-state index contributed by atoms with van der Waals surface area (Å²) >= 11 is 0. The second-order valence-corrected chi connectivity index (χ2v) is 6.43. The molecule has 136 valence electrons. The van der Waals surface area contributed by atoms with Crippen LogP contribution in [0.5, 0.6) is 5.75 Å². The lowest BCUT2D eigenvalue weighted by atomic mass is 10.1. The third-order valence-corrected chi connectivity index (χ3v) is 4.53. The van der Waals surface area contributed by atoms with E-state index in [1.807, 2.05) is 60.7 Å². The van der Waals surface area contributed by atoms with Gasteiger partial charge in [-0.2, -0.15) is 0 Å². The van der Waals surface area contributed by atoms with Crippen LogP contribution in [0.1, 0.15) is 11.1 Å². The van der Waals surface area contributed by atoms with E-state index in [-0.39, 0.29) is 0 Å². The topological polar surface area (TPSA) is 20.5 Å². The Morgan fingerprint density at radius 1 is 0.643 bits per heavy atom. The van der Waals surface area contributed by atoms with Crippen molar-refractivity contribution in [2.45, 2.75) is 0 Å². The Morgan fingerprint density at radius 2 is 1.18 bits per heavy atom. The highest BCUT2D eigenvalue weighted by Crippen LogP contribution is 2.29. The highest BCUT2D eigenvalue weighted by molar-refractivity contribution is 5.76. The fourth-order valence-electron chi connectivity index (χ4n) is 3.10. The Labute approximate surface area is 165 Å². The summed E-state index contributed by atoms with van der Waals surface area (Å²) in [5.41, 5.74) is 4.20. The molecule has 0 aliphatic carbocycles. The quantitative estimate of drug-likeness (QED) is 0.352. The molecule has 1 aromatic heterocycles. The molecule has 0 spiro atoms. The molecule has 1 heterocycles. The van der Waals surface area contributed by atoms with Crippen molar-refractivity contribution in [1.29, 1.82) is 0 Å². The van der Waals surface area contributed by atoms with Crippen LogP contribution in [-0.4, -0.2) is 7.11 Å². The average Bonchev–Trinajstić information content (AvgIpc) is 2.79. The van der Waals surface area contributed by atoms with Gasteiger partial charge in [0.05, 0.1) is 30.4 Å². The van der Waals surface area contributed by atoms with Crippen molar-refractivity contribution in [3.05, 3.63) is 108 Å². The molecule has 0 aliphatic rings. The highest BCUT2D eigenvalue weighted by Gasteiger charge is 2.18. The molecule has 0 saturated heterocycles. The normalized spacial score (nSPS) is 10.9. The van der Waals surface area contributed by atoms with Gasteiger partial charge < -0.3 is 4.74 Å². The van der Waals surface area contributed by atoms with Crippen molar-refractivity contribution in [3.63, 3.8) is 0 Å². The third-order valence-electron chi connectivity index (χ3n) is 4.53. The largest absolute Gasteiger partial charge is 0.496 e. The number of para-hydroxylation sites is 1. The molecule has 0 amide bonds. The van der Waals surface area contributed by atoms with Crippen LogP contribution in [0.25, 0.3) is 34.8 Å². The predicted octanol–water partition coefficient (Wildman–Crippen LogP) is 7.07. The number of hydrogen-bond acceptors (Lipinski definition) is 1. The van der Waals surface area contributed by atoms with Gasteiger partial charge in [-0.3, -0.25) is 0 Å². The van der Waals surface area contributed by atoms with E-state index in [0.717, 1.165) is 39.5 Å². The lowest BCUT2D eigenvalue weighted by Gasteiger charge is -2.03. The van der Waals surface area contributed by atoms with Gasteiger partial charge >= 0.3 is 11.5 Å². The number of benzene rings is 3. The maximum Gasteiger partial charge on any atom is 0.361 e. The monoisotopic (exact) mass is 365 g/mol. The Kier molecular flexibility index (Phi) is 5.30. The molecule has 0 radical (unpaired) electrons. The summed E-state index contributed by atoms with van der Waals surface area (Å²) in [7, 11) is 1.69. The second kappa shape index (κ2) is 8.36. The minimum Gasteiger partial charge on any atom is -0.496 e. The SMILES string of the molecule is COc1ccccc1/C=C/c1cc(-c2ccccc2)[o+]c(-c2ccccc2)c1. The van der Waals surface area contributed by atoms with E-state index in [1.165, 1.54) is 0 Å². The van der Waals surface area contributed by atoms with Crippen LogP contribution in [0, 0.1) is 0 Å². The summed E-state index contributed by atoms with van der Waals surface area (Å²) in [5.74, 6) is 2.52. The van der Waals surface area contributed by atoms with Crippen molar-refractivity contribution in [2.24, 2.45) is 0 Å². The standard InChI is InChI=1S/C26H21O2/c1-27-24-15-9-8-14-23(24)17-16-20-18-25(21-10-4-2-5-11-21)28-26(19-20)22-12-6-3-7-13-22/h2-19H,1H3/q+1/b17-16+. The van der Waals surface area contributed by atoms with Gasteiger partial charge in [0, 0.05) is 5.56 Å². The highest BCUT2D eigenvalue weighted by atomic mass is 16.5. The molecular weight excluding hydrogens is 344 g/mol. The van der Waals surface area contributed by atoms with E-state index < -0.39 is 0 Å². The van der Waals surface area contributed by atoms with Crippen molar-refractivity contribution in [3.8, 4) is 28.4 Å². The molecule has 2 nitrogen and oxygen atoms in total. The molecule has 0 aliphatic heterocycles. The predicted molar refractivity (Wildman–Crippen MR) is 116 cm³/mol. The summed E-state index contributed by atoms with van der Waals surface area (Å²) in [5, 5.41) is 0. The third kappa shape index (κ3) is 4.02. The number of ether oxygens (including phenoxy) is 1. The van der Waals surface area contributed by atoms with Crippen molar-refractivity contribution in [2.75, 3.05) is 7.11 Å². The maximum absolute atomic E-state index is 6.23. The van der Waals surface area contributed by atoms with Gasteiger partial charge in [0.25, 0.3) is 0 Å². The fourth-order valence-corrected chi connectivity index (χ4v) is 3.10. The molecule has 0 atom stereocenters. The van der Waals surface area contributed by atoms with Crippen LogP contribution in [-0.2, 0) is 0 Å². The van der Waals surface area contributed by atoms with E-state index in [2.05, 4.69) is 48.6 Å². The number of rotatable bonds is 5. The first kappa shape index (κ1) is 17.7. The Bertz CT molecular complexity index is 1030. The summed E-state index contributed by atoms with van der Waals surface area (Å²) in [4.78, 5) is 0. The van der Waals surface area contributed by atoms with E-state index in [1.54, 1.807) is 7.11 Å². The smallest absolute Gasteiger partial charge is 0.361 e. The molecule has 4 aromatic rings. The first-order chi connectivity index (χ1) is 13.8. The molecule has 0 fully saturated rings. The maximum atomic E-state index is 6.23. The van der Waals surface area contributed by atoms with Gasteiger partial charge in [0.15, 0.2) is 0 Å². The first-order valence-electron chi connectivity index (χ1n) is 9.23. The zero-order valence-corrected chi connectivity index (χ0v) is 15.7. The lowest BCUT2D eigenvalue weighted by molar-refractivity contribution is 0.414. The average molecular weight is 365 g/mol. The summed E-state index contributed by atoms with van der Waals surface area (Å²) in [6, 6.07) is 32.4. The Morgan fingerprint density at radius 3 is 1.75 bits per heavy atom. The van der Waals surface area contributed by atoms with Gasteiger partial charge in [-0.1, -0.05) is 66.7 Å². The summed E-state index contributed by atoms with van der Waals surface area (Å²) in [6.07, 6.45) is 4.16. The first-order valence-corrected chi connectivity index (χ1v) is 9.23. The van der Waals surface area contributed by atoms with Gasteiger partial charge in [-0.25, -0.2) is 4.42 Å². The van der Waals surface area contributed by atoms with Crippen LogP contribution >= 0.6 is 0 Å². The zero-order chi connectivity index (χ0) is 19.2. The molecular formula is C26H21O2+. The fraction of sp³-hybridized carbons (Fsp3) is 0.0385. The van der Waals surface area contributed by atoms with Gasteiger partial charge in [0.2, 0.25) is 0 Å². The minimum absolute atomic E-state index is 0.835. The lowest BCUT2D eigenvalue weighted by Crippen LogP contribution is -1.86. The Hall–Kier alpha value is -3.65. The summed E-state index contributed by atoms with van der Waals surface area (Å²) in [6.45, 7) is 0. The Balaban J connectivity index is 1.79. The molecule has 28 heavy (non-hydrogen) atoms. The minimum atomic E-state index is 0.835. The van der Waals surface area contributed by atoms with E-state index >= 15 is 0 Å². The van der Waals surface area contributed by atoms with Crippen LogP contribution in [0.3, 0.4) is 0 Å². The van der Waals surface area contributed by atoms with E-state index in [9.17, 15) is 0 Å². The van der Waals surface area contributed by atoms with Crippen molar-refractivity contribution < 1.29 is 9.15 Å². The molecule has 2 heteroatoms.